The zero-order valence-corrected chi connectivity index (χ0v) is 15.3. The molecular weight excluding hydrogens is 373 g/mol. The van der Waals surface area contributed by atoms with Crippen molar-refractivity contribution in [3.05, 3.63) is 69.8 Å². The number of anilines is 1. The van der Waals surface area contributed by atoms with Gasteiger partial charge in [0, 0.05) is 26.7 Å². The highest BCUT2D eigenvalue weighted by molar-refractivity contribution is 6.36. The van der Waals surface area contributed by atoms with Gasteiger partial charge in [0.25, 0.3) is 5.88 Å². The standard InChI is InChI=1S/C19H15Cl2N3O2/c1-11(17-14(20)6-3-7-15(17)21)26-19-18(22)23-9-16(24-19)13-5-2-4-12(8-13)10-25/h2-11H,1H3,(H2,22,23). The van der Waals surface area contributed by atoms with Crippen LogP contribution >= 0.6 is 23.2 Å². The Morgan fingerprint density at radius 1 is 1.15 bits per heavy atom. The lowest BCUT2D eigenvalue weighted by molar-refractivity contribution is 0.112. The zero-order valence-electron chi connectivity index (χ0n) is 13.8. The third-order valence-electron chi connectivity index (χ3n) is 3.78. The number of rotatable bonds is 5. The van der Waals surface area contributed by atoms with Gasteiger partial charge in [-0.2, -0.15) is 0 Å². The molecule has 1 aromatic heterocycles. The van der Waals surface area contributed by atoms with E-state index in [2.05, 4.69) is 9.97 Å². The lowest BCUT2D eigenvalue weighted by Crippen LogP contribution is -2.09. The maximum absolute atomic E-state index is 11.0. The summed E-state index contributed by atoms with van der Waals surface area (Å²) in [5.41, 5.74) is 8.36. The molecule has 0 fully saturated rings. The smallest absolute Gasteiger partial charge is 0.258 e. The normalized spacial score (nSPS) is 11.8. The molecule has 1 atom stereocenters. The highest BCUT2D eigenvalue weighted by atomic mass is 35.5. The number of benzene rings is 2. The summed E-state index contributed by atoms with van der Waals surface area (Å²) in [7, 11) is 0. The molecule has 2 aromatic carbocycles. The number of ether oxygens (including phenoxy) is 1. The summed E-state index contributed by atoms with van der Waals surface area (Å²) >= 11 is 12.5. The Labute approximate surface area is 160 Å². The van der Waals surface area contributed by atoms with Crippen molar-refractivity contribution in [2.45, 2.75) is 13.0 Å². The van der Waals surface area contributed by atoms with Crippen LogP contribution in [-0.4, -0.2) is 16.3 Å². The Morgan fingerprint density at radius 2 is 1.85 bits per heavy atom. The monoisotopic (exact) mass is 387 g/mol. The molecule has 0 aliphatic heterocycles. The number of hydrogen-bond acceptors (Lipinski definition) is 5. The van der Waals surface area contributed by atoms with Crippen LogP contribution in [0, 0.1) is 0 Å². The predicted molar refractivity (Wildman–Crippen MR) is 103 cm³/mol. The third-order valence-corrected chi connectivity index (χ3v) is 4.44. The summed E-state index contributed by atoms with van der Waals surface area (Å²) < 4.78 is 5.87. The Bertz CT molecular complexity index is 943. The molecule has 0 aliphatic rings. The minimum atomic E-state index is -0.482. The van der Waals surface area contributed by atoms with E-state index in [4.69, 9.17) is 33.7 Å². The molecule has 0 aliphatic carbocycles. The Morgan fingerprint density at radius 3 is 2.54 bits per heavy atom. The molecule has 0 saturated heterocycles. The minimum Gasteiger partial charge on any atom is -0.467 e. The van der Waals surface area contributed by atoms with Crippen molar-refractivity contribution >= 4 is 35.3 Å². The molecule has 1 heterocycles. The van der Waals surface area contributed by atoms with E-state index in [0.29, 0.717) is 26.9 Å². The second kappa shape index (κ2) is 7.72. The average molecular weight is 388 g/mol. The van der Waals surface area contributed by atoms with Gasteiger partial charge in [-0.15, -0.1) is 0 Å². The van der Waals surface area contributed by atoms with Crippen LogP contribution in [0.15, 0.2) is 48.7 Å². The summed E-state index contributed by atoms with van der Waals surface area (Å²) in [6.07, 6.45) is 1.82. The number of nitrogen functional groups attached to an aromatic ring is 1. The van der Waals surface area contributed by atoms with E-state index in [0.717, 1.165) is 11.8 Å². The molecule has 0 spiro atoms. The van der Waals surface area contributed by atoms with E-state index < -0.39 is 6.10 Å². The van der Waals surface area contributed by atoms with Gasteiger partial charge in [-0.1, -0.05) is 47.5 Å². The number of nitrogens with zero attached hydrogens (tertiary/aromatic N) is 2. The summed E-state index contributed by atoms with van der Waals surface area (Å²) in [5.74, 6) is 0.317. The predicted octanol–water partition coefficient (Wildman–Crippen LogP) is 4.99. The average Bonchev–Trinajstić information content (AvgIpc) is 2.63. The second-order valence-electron chi connectivity index (χ2n) is 5.58. The number of aromatic nitrogens is 2. The minimum absolute atomic E-state index is 0.148. The molecular formula is C19H15Cl2N3O2. The highest BCUT2D eigenvalue weighted by Gasteiger charge is 2.18. The highest BCUT2D eigenvalue weighted by Crippen LogP contribution is 2.34. The van der Waals surface area contributed by atoms with Crippen LogP contribution in [0.25, 0.3) is 11.3 Å². The van der Waals surface area contributed by atoms with Gasteiger partial charge in [-0.25, -0.2) is 9.97 Å². The number of carbonyl (C=O) groups is 1. The zero-order chi connectivity index (χ0) is 18.7. The van der Waals surface area contributed by atoms with Crippen molar-refractivity contribution in [1.82, 2.24) is 9.97 Å². The molecule has 0 saturated carbocycles. The Kier molecular flexibility index (Phi) is 5.40. The molecule has 3 aromatic rings. The third kappa shape index (κ3) is 3.79. The quantitative estimate of drug-likeness (QED) is 0.624. The molecule has 5 nitrogen and oxygen atoms in total. The van der Waals surface area contributed by atoms with Crippen LogP contribution in [0.5, 0.6) is 5.88 Å². The number of hydrogen-bond donors (Lipinski definition) is 1. The lowest BCUT2D eigenvalue weighted by atomic mass is 10.1. The molecule has 2 N–H and O–H groups in total. The first-order valence-corrected chi connectivity index (χ1v) is 8.54. The van der Waals surface area contributed by atoms with E-state index in [1.807, 2.05) is 6.07 Å². The first kappa shape index (κ1) is 18.2. The van der Waals surface area contributed by atoms with Crippen molar-refractivity contribution in [2.24, 2.45) is 0 Å². The van der Waals surface area contributed by atoms with Crippen LogP contribution in [0.1, 0.15) is 28.9 Å². The van der Waals surface area contributed by atoms with Crippen molar-refractivity contribution in [2.75, 3.05) is 5.73 Å². The molecule has 132 valence electrons. The maximum atomic E-state index is 11.0. The van der Waals surface area contributed by atoms with Gasteiger partial charge in [0.1, 0.15) is 12.4 Å². The molecule has 7 heteroatoms. The van der Waals surface area contributed by atoms with Gasteiger partial charge < -0.3 is 10.5 Å². The fourth-order valence-corrected chi connectivity index (χ4v) is 3.21. The van der Waals surface area contributed by atoms with E-state index >= 15 is 0 Å². The van der Waals surface area contributed by atoms with Crippen LogP contribution < -0.4 is 10.5 Å². The molecule has 1 unspecified atom stereocenters. The molecule has 0 amide bonds. The summed E-state index contributed by atoms with van der Waals surface area (Å²) in [5, 5.41) is 0.984. The van der Waals surface area contributed by atoms with Crippen molar-refractivity contribution < 1.29 is 9.53 Å². The lowest BCUT2D eigenvalue weighted by Gasteiger charge is -2.18. The van der Waals surface area contributed by atoms with Crippen molar-refractivity contribution in [3.8, 4) is 17.1 Å². The first-order chi connectivity index (χ1) is 12.5. The fourth-order valence-electron chi connectivity index (χ4n) is 2.50. The number of nitrogens with two attached hydrogens (primary N) is 1. The van der Waals surface area contributed by atoms with E-state index in [9.17, 15) is 4.79 Å². The van der Waals surface area contributed by atoms with Crippen molar-refractivity contribution in [1.29, 1.82) is 0 Å². The van der Waals surface area contributed by atoms with Crippen molar-refractivity contribution in [3.63, 3.8) is 0 Å². The molecule has 0 bridgehead atoms. The molecule has 26 heavy (non-hydrogen) atoms. The number of carbonyl (C=O) groups excluding carboxylic acids is 1. The maximum Gasteiger partial charge on any atom is 0.258 e. The van der Waals surface area contributed by atoms with Crippen LogP contribution in [0.3, 0.4) is 0 Å². The van der Waals surface area contributed by atoms with Crippen LogP contribution in [-0.2, 0) is 0 Å². The Balaban J connectivity index is 1.94. The SMILES string of the molecule is CC(Oc1nc(-c2cccc(C=O)c2)cnc1N)c1c(Cl)cccc1Cl. The fraction of sp³-hybridized carbons (Fsp3) is 0.105. The van der Waals surface area contributed by atoms with Gasteiger partial charge in [0.05, 0.1) is 11.9 Å². The van der Waals surface area contributed by atoms with E-state index in [1.54, 1.807) is 43.3 Å². The number of halogens is 2. The first-order valence-electron chi connectivity index (χ1n) is 7.78. The van der Waals surface area contributed by atoms with E-state index in [-0.39, 0.29) is 11.7 Å². The second-order valence-corrected chi connectivity index (χ2v) is 6.40. The van der Waals surface area contributed by atoms with Gasteiger partial charge >= 0.3 is 0 Å². The van der Waals surface area contributed by atoms with Gasteiger partial charge in [-0.3, -0.25) is 4.79 Å². The van der Waals surface area contributed by atoms with Gasteiger partial charge in [0.15, 0.2) is 5.82 Å². The van der Waals surface area contributed by atoms with E-state index in [1.165, 1.54) is 6.20 Å². The largest absolute Gasteiger partial charge is 0.467 e. The van der Waals surface area contributed by atoms with Crippen LogP contribution in [0.2, 0.25) is 10.0 Å². The van der Waals surface area contributed by atoms with Gasteiger partial charge in [-0.05, 0) is 25.1 Å². The summed E-state index contributed by atoms with van der Waals surface area (Å²) in [4.78, 5) is 19.5. The molecule has 0 radical (unpaired) electrons. The molecule has 3 rings (SSSR count). The Hall–Kier alpha value is -2.63. The van der Waals surface area contributed by atoms with Crippen LogP contribution in [0.4, 0.5) is 5.82 Å². The summed E-state index contributed by atoms with van der Waals surface area (Å²) in [6.45, 7) is 1.80. The number of aldehydes is 1. The van der Waals surface area contributed by atoms with Gasteiger partial charge in [0.2, 0.25) is 0 Å². The summed E-state index contributed by atoms with van der Waals surface area (Å²) in [6, 6.07) is 12.2. The topological polar surface area (TPSA) is 78.1 Å².